The van der Waals surface area contributed by atoms with Crippen LogP contribution in [0.1, 0.15) is 0 Å². The van der Waals surface area contributed by atoms with Gasteiger partial charge in [0.05, 0.1) is 0 Å². The van der Waals surface area contributed by atoms with E-state index in [2.05, 4.69) is 18.4 Å². The molecular formula is H6O39SiW12. The first-order valence-corrected chi connectivity index (χ1v) is 63.8. The van der Waals surface area contributed by atoms with E-state index in [0.717, 1.165) is 0 Å². The van der Waals surface area contributed by atoms with Crippen LogP contribution in [0.25, 0.3) is 0 Å². The number of rotatable bonds is 18. The molecule has 316 valence electrons. The van der Waals surface area contributed by atoms with E-state index in [-0.39, 0.29) is 0 Å². The summed E-state index contributed by atoms with van der Waals surface area (Å²) in [4.78, 5) is 21.8. The molecule has 0 atom stereocenters. The van der Waals surface area contributed by atoms with Gasteiger partial charge < -0.3 is 14.4 Å². The molecule has 0 saturated heterocycles. The molecule has 52 heteroatoms. The fraction of sp³-hybridized carbons (Fsp3) is 0. The topological polar surface area (TPSA) is 614 Å². The van der Waals surface area contributed by atoms with Gasteiger partial charge in [-0.3, -0.25) is 0 Å². The van der Waals surface area contributed by atoms with Crippen LogP contribution in [0, 0.1) is 0 Å². The van der Waals surface area contributed by atoms with Gasteiger partial charge in [0.25, 0.3) is 0 Å². The summed E-state index contributed by atoms with van der Waals surface area (Å²) in [5, 5.41) is 0. The van der Waals surface area contributed by atoms with Crippen LogP contribution in [0.5, 0.6) is 0 Å². The molecule has 1 radical (unpaired) electrons. The van der Waals surface area contributed by atoms with Gasteiger partial charge in [-0.25, -0.2) is 0 Å². The molecule has 0 spiro atoms. The van der Waals surface area contributed by atoms with E-state index in [1.807, 2.05) is 0 Å². The Kier molecular flexibility index (Phi) is 29.7. The quantitative estimate of drug-likeness (QED) is 0.0695. The Bertz CT molecular complexity index is 2120. The summed E-state index contributed by atoms with van der Waals surface area (Å²) in [7, 11) is -2.88. The predicted octanol–water partition coefficient (Wildman–Crippen LogP) is -7.22. The van der Waals surface area contributed by atoms with E-state index < -0.39 is 213 Å². The molecule has 0 amide bonds. The average Bonchev–Trinajstić information content (AvgIpc) is 2.61. The molecule has 52 heavy (non-hydrogen) atoms. The van der Waals surface area contributed by atoms with Gasteiger partial charge in [0.1, 0.15) is 0 Å². The normalized spacial score (nSPS) is 13.2. The molecule has 0 aromatic heterocycles. The molecule has 0 saturated carbocycles. The van der Waals surface area contributed by atoms with Gasteiger partial charge in [0.15, 0.2) is 0 Å². The van der Waals surface area contributed by atoms with E-state index >= 15 is 0 Å². The molecule has 39 nitrogen and oxygen atoms in total. The number of hydrogen-bond donors (Lipinski definition) is 6. The third kappa shape index (κ3) is 49.2. The minimum absolute atomic E-state index is 2.88. The van der Waals surface area contributed by atoms with Crippen LogP contribution >= 0.6 is 0 Å². The van der Waals surface area contributed by atoms with Crippen LogP contribution in [0.3, 0.4) is 0 Å². The summed E-state index contributed by atoms with van der Waals surface area (Å²) >= 11 is -76.7. The fourth-order valence-corrected chi connectivity index (χ4v) is 92.7. The molecule has 0 aliphatic carbocycles. The van der Waals surface area contributed by atoms with Crippen molar-refractivity contribution in [1.82, 2.24) is 0 Å². The van der Waals surface area contributed by atoms with E-state index in [1.165, 1.54) is 0 Å². The van der Waals surface area contributed by atoms with Crippen molar-refractivity contribution in [2.45, 2.75) is 0 Å². The summed E-state index contributed by atoms with van der Waals surface area (Å²) in [5.74, 6) is 0. The first kappa shape index (κ1) is 61.7. The first-order chi connectivity index (χ1) is 22.2. The van der Waals surface area contributed by atoms with Crippen molar-refractivity contribution >= 4 is 9.53 Å². The average molecular weight is 2860 g/mol. The van der Waals surface area contributed by atoms with Gasteiger partial charge >= 0.3 is 324 Å². The Hall–Kier alpha value is 3.08. The van der Waals surface area contributed by atoms with Gasteiger partial charge in [-0.1, -0.05) is 0 Å². The maximum atomic E-state index is 10.6. The first-order valence-electron chi connectivity index (χ1n) is 8.22. The zero-order chi connectivity index (χ0) is 43.2. The van der Waals surface area contributed by atoms with Crippen LogP contribution in [-0.4, -0.2) is 35.2 Å². The van der Waals surface area contributed by atoms with Crippen LogP contribution in [-0.2, 0) is 304 Å². The SMILES string of the molecule is O[Si](O)O.[O]=[W](=[O])[O][W](=[O])(=[O])[O][W](=[O])(=[O])[O][W](=[O])(=[O])[OH].[O]=[W](=[O])[O][W](=[O])(=[O])[O][W](=[O])(=[O])[O][W](=[O])(=[O])[OH].[O]=[W](=[O])[O][W](=[O])(=[O])[O][W](=[O])(=[O])[O][W](=[O])(=[O])[OH]. The second-order valence-corrected chi connectivity index (χ2v) is 77.5. The van der Waals surface area contributed by atoms with Crippen LogP contribution < -0.4 is 0 Å². The third-order valence-corrected chi connectivity index (χ3v) is 95.4. The Labute approximate surface area is 332 Å². The summed E-state index contributed by atoms with van der Waals surface area (Å²) in [6, 6.07) is 0. The standard InChI is InChI=1S/H3O3Si.3H2O.33O.12W/c1-4(2)3;;;;;;;;;;;;;;;;;;;;;;;;;;;;;;;;;;;;;;;;;;;;;;;;/h1-3H;3*1H2;;;;;;;;;;;;;;;;;;;;;;;;;;;;;;;;;;;;;;;;;;;;;/q;;;;;;;;;;;;;;;;;;;;;;;;;;;;;;;;;;;;;;;;;;;;;;3*+1/p-3. The monoisotopic (exact) mass is 2870 g/mol. The maximum absolute atomic E-state index is 10.6. The third-order valence-electron chi connectivity index (χ3n) is 1.42. The summed E-state index contributed by atoms with van der Waals surface area (Å²) in [6.45, 7) is 0. The van der Waals surface area contributed by atoms with Crippen molar-refractivity contribution < 1.29 is 329 Å². The van der Waals surface area contributed by atoms with Gasteiger partial charge in [-0.2, -0.15) is 0 Å². The molecule has 0 aromatic rings. The molecule has 0 aromatic carbocycles. The van der Waals surface area contributed by atoms with Crippen LogP contribution in [0.15, 0.2) is 0 Å². The molecule has 0 fully saturated rings. The molecular weight excluding hydrogens is 2860 g/mol. The van der Waals surface area contributed by atoms with Gasteiger partial charge in [-0.15, -0.1) is 0 Å². The van der Waals surface area contributed by atoms with Crippen molar-refractivity contribution in [2.75, 3.05) is 0 Å². The van der Waals surface area contributed by atoms with E-state index in [1.54, 1.807) is 0 Å². The van der Waals surface area contributed by atoms with Crippen LogP contribution in [0.4, 0.5) is 0 Å². The van der Waals surface area contributed by atoms with Crippen LogP contribution in [0.2, 0.25) is 0 Å². The Morgan fingerprint density at radius 3 is 0.538 bits per heavy atom. The van der Waals surface area contributed by atoms with Crippen molar-refractivity contribution in [3.05, 3.63) is 0 Å². The van der Waals surface area contributed by atoms with Crippen molar-refractivity contribution in [3.8, 4) is 0 Å². The van der Waals surface area contributed by atoms with Gasteiger partial charge in [-0.05, 0) is 0 Å². The van der Waals surface area contributed by atoms with Crippen molar-refractivity contribution in [1.29, 1.82) is 0 Å². The number of hydrogen-bond acceptors (Lipinski definition) is 36. The summed E-state index contributed by atoms with van der Waals surface area (Å²) in [6.07, 6.45) is 0. The molecule has 0 aliphatic heterocycles. The summed E-state index contributed by atoms with van der Waals surface area (Å²) in [5.41, 5.74) is 0. The molecule has 6 N–H and O–H groups in total. The molecule has 0 heterocycles. The Morgan fingerprint density at radius 1 is 0.308 bits per heavy atom. The Morgan fingerprint density at radius 2 is 0.442 bits per heavy atom. The van der Waals surface area contributed by atoms with Gasteiger partial charge in [0.2, 0.25) is 0 Å². The minimum atomic E-state index is -6.98. The zero-order valence-electron chi connectivity index (χ0n) is 21.6. The van der Waals surface area contributed by atoms with E-state index in [4.69, 9.17) is 25.7 Å². The summed E-state index contributed by atoms with van der Waals surface area (Å²) < 4.78 is 300. The second kappa shape index (κ2) is 25.0. The Balaban J connectivity index is -0.000000315. The molecule has 0 unspecified atom stereocenters. The molecule has 0 bridgehead atoms. The molecule has 0 aliphatic rings. The predicted molar refractivity (Wildman–Crippen MR) is 45.3 cm³/mol. The van der Waals surface area contributed by atoms with E-state index in [0.29, 0.717) is 0 Å². The zero-order valence-corrected chi connectivity index (χ0v) is 57.8. The second-order valence-electron chi connectivity index (χ2n) is 5.26. The van der Waals surface area contributed by atoms with Crippen molar-refractivity contribution in [2.24, 2.45) is 0 Å². The molecule has 0 rings (SSSR count). The van der Waals surface area contributed by atoms with E-state index in [9.17, 15) is 81.5 Å². The fourth-order valence-electron chi connectivity index (χ4n) is 0.894. The van der Waals surface area contributed by atoms with Crippen molar-refractivity contribution in [3.63, 3.8) is 0 Å². The van der Waals surface area contributed by atoms with Gasteiger partial charge in [0, 0.05) is 0 Å².